The first-order valence-electron chi connectivity index (χ1n) is 10.2. The first-order chi connectivity index (χ1) is 16.0. The molecule has 0 saturated heterocycles. The molecular formula is C23H22N6O3S. The molecule has 0 unspecified atom stereocenters. The molecule has 9 nitrogen and oxygen atoms in total. The third-order valence-electron chi connectivity index (χ3n) is 4.80. The van der Waals surface area contributed by atoms with Crippen molar-refractivity contribution in [1.29, 1.82) is 0 Å². The quantitative estimate of drug-likeness (QED) is 0.368. The number of ether oxygens (including phenoxy) is 1. The summed E-state index contributed by atoms with van der Waals surface area (Å²) in [4.78, 5) is 25.1. The summed E-state index contributed by atoms with van der Waals surface area (Å²) in [5.41, 5.74) is 3.87. The zero-order valence-electron chi connectivity index (χ0n) is 18.1. The van der Waals surface area contributed by atoms with Gasteiger partial charge in [0.2, 0.25) is 5.01 Å². The zero-order chi connectivity index (χ0) is 23.2. The van der Waals surface area contributed by atoms with Crippen molar-refractivity contribution in [3.05, 3.63) is 87.1 Å². The Hall–Kier alpha value is -4.05. The number of anilines is 1. The number of hydrogen-bond acceptors (Lipinski definition) is 7. The fraction of sp³-hybridized carbons (Fsp3) is 0.174. The van der Waals surface area contributed by atoms with E-state index in [0.717, 1.165) is 33.9 Å². The number of H-pyrrole nitrogens is 1. The Labute approximate surface area is 194 Å². The van der Waals surface area contributed by atoms with E-state index in [-0.39, 0.29) is 17.5 Å². The number of hydrogen-bond donors (Lipinski definition) is 3. The van der Waals surface area contributed by atoms with Gasteiger partial charge in [0, 0.05) is 29.1 Å². The molecule has 2 heterocycles. The van der Waals surface area contributed by atoms with Crippen LogP contribution in [0.3, 0.4) is 0 Å². The van der Waals surface area contributed by atoms with E-state index in [1.807, 2.05) is 38.1 Å². The molecule has 0 fully saturated rings. The number of nitrogens with zero attached hydrogens (tertiary/aromatic N) is 3. The van der Waals surface area contributed by atoms with E-state index < -0.39 is 5.91 Å². The van der Waals surface area contributed by atoms with Gasteiger partial charge in [-0.1, -0.05) is 35.1 Å². The summed E-state index contributed by atoms with van der Waals surface area (Å²) in [6, 6.07) is 14.4. The highest BCUT2D eigenvalue weighted by molar-refractivity contribution is 7.13. The Kier molecular flexibility index (Phi) is 6.75. The summed E-state index contributed by atoms with van der Waals surface area (Å²) < 4.78 is 5.68. The van der Waals surface area contributed by atoms with Crippen LogP contribution in [0.25, 0.3) is 0 Å². The highest BCUT2D eigenvalue weighted by atomic mass is 32.1. The second-order valence-corrected chi connectivity index (χ2v) is 8.40. The van der Waals surface area contributed by atoms with E-state index in [2.05, 4.69) is 31.0 Å². The molecule has 0 atom stereocenters. The molecule has 0 aliphatic carbocycles. The SMILES string of the molecule is Cc1ccc(OCc2nnc(C(=O)Nc3cccc(C(=O)NCc4cn[nH]c4C)c3)s2)cc1. The van der Waals surface area contributed by atoms with Gasteiger partial charge in [0.1, 0.15) is 12.4 Å². The molecule has 2 aromatic carbocycles. The minimum absolute atomic E-state index is 0.211. The molecule has 10 heteroatoms. The molecule has 168 valence electrons. The van der Waals surface area contributed by atoms with Crippen molar-refractivity contribution < 1.29 is 14.3 Å². The molecular weight excluding hydrogens is 440 g/mol. The van der Waals surface area contributed by atoms with Crippen LogP contribution in [0.4, 0.5) is 5.69 Å². The van der Waals surface area contributed by atoms with Crippen molar-refractivity contribution in [2.75, 3.05) is 5.32 Å². The van der Waals surface area contributed by atoms with Crippen molar-refractivity contribution >= 4 is 28.8 Å². The summed E-state index contributed by atoms with van der Waals surface area (Å²) >= 11 is 1.15. The van der Waals surface area contributed by atoms with E-state index in [1.54, 1.807) is 30.5 Å². The fourth-order valence-electron chi connectivity index (χ4n) is 2.94. The number of aryl methyl sites for hydroxylation is 2. The van der Waals surface area contributed by atoms with Gasteiger partial charge in [0.05, 0.1) is 6.20 Å². The van der Waals surface area contributed by atoms with Crippen LogP contribution in [0, 0.1) is 13.8 Å². The summed E-state index contributed by atoms with van der Waals surface area (Å²) in [5, 5.41) is 21.1. The Morgan fingerprint density at radius 3 is 2.64 bits per heavy atom. The first-order valence-corrected chi connectivity index (χ1v) is 11.0. The number of carbonyl (C=O) groups is 2. The van der Waals surface area contributed by atoms with Crippen LogP contribution in [0.1, 0.15) is 42.0 Å². The summed E-state index contributed by atoms with van der Waals surface area (Å²) in [7, 11) is 0. The van der Waals surface area contributed by atoms with Gasteiger partial charge in [-0.25, -0.2) is 0 Å². The van der Waals surface area contributed by atoms with Crippen LogP contribution in [0.2, 0.25) is 0 Å². The normalized spacial score (nSPS) is 10.6. The van der Waals surface area contributed by atoms with Gasteiger partial charge in [0.15, 0.2) is 5.01 Å². The average Bonchev–Trinajstić information content (AvgIpc) is 3.46. The van der Waals surface area contributed by atoms with Gasteiger partial charge < -0.3 is 15.4 Å². The number of amides is 2. The number of rotatable bonds is 8. The standard InChI is InChI=1S/C23H22N6O3S/c1-14-6-8-19(9-7-14)32-13-20-28-29-23(33-20)22(31)26-18-5-3-4-16(10-18)21(30)24-11-17-12-25-27-15(17)2/h3-10,12H,11,13H2,1-2H3,(H,24,30)(H,25,27)(H,26,31). The highest BCUT2D eigenvalue weighted by Gasteiger charge is 2.15. The Morgan fingerprint density at radius 2 is 1.88 bits per heavy atom. The predicted molar refractivity (Wildman–Crippen MR) is 124 cm³/mol. The lowest BCUT2D eigenvalue weighted by molar-refractivity contribution is 0.0949. The Balaban J connectivity index is 1.33. The van der Waals surface area contributed by atoms with E-state index >= 15 is 0 Å². The molecule has 2 aromatic heterocycles. The number of carbonyl (C=O) groups excluding carboxylic acids is 2. The average molecular weight is 463 g/mol. The van der Waals surface area contributed by atoms with Crippen molar-refractivity contribution in [2.45, 2.75) is 27.0 Å². The second kappa shape index (κ2) is 10.0. The largest absolute Gasteiger partial charge is 0.486 e. The summed E-state index contributed by atoms with van der Waals surface area (Å²) in [5.74, 6) is 0.0682. The van der Waals surface area contributed by atoms with Crippen molar-refractivity contribution in [3.63, 3.8) is 0 Å². The number of aromatic amines is 1. The third kappa shape index (κ3) is 5.80. The van der Waals surface area contributed by atoms with Gasteiger partial charge in [-0.15, -0.1) is 10.2 Å². The second-order valence-electron chi connectivity index (χ2n) is 7.34. The number of nitrogens with one attached hydrogen (secondary N) is 3. The van der Waals surface area contributed by atoms with Crippen LogP contribution >= 0.6 is 11.3 Å². The topological polar surface area (TPSA) is 122 Å². The molecule has 0 radical (unpaired) electrons. The minimum atomic E-state index is -0.402. The van der Waals surface area contributed by atoms with Gasteiger partial charge in [-0.05, 0) is 44.2 Å². The molecule has 4 aromatic rings. The maximum absolute atomic E-state index is 12.6. The Morgan fingerprint density at radius 1 is 1.06 bits per heavy atom. The predicted octanol–water partition coefficient (Wildman–Crippen LogP) is 3.64. The van der Waals surface area contributed by atoms with E-state index in [9.17, 15) is 9.59 Å². The molecule has 0 aliphatic rings. The first kappa shape index (κ1) is 22.2. The monoisotopic (exact) mass is 462 g/mol. The lowest BCUT2D eigenvalue weighted by Crippen LogP contribution is -2.23. The lowest BCUT2D eigenvalue weighted by Gasteiger charge is -2.07. The van der Waals surface area contributed by atoms with Gasteiger partial charge in [-0.2, -0.15) is 5.10 Å². The van der Waals surface area contributed by atoms with Crippen LogP contribution < -0.4 is 15.4 Å². The molecule has 0 spiro atoms. The minimum Gasteiger partial charge on any atom is -0.486 e. The molecule has 0 aliphatic heterocycles. The van der Waals surface area contributed by atoms with Crippen LogP contribution in [-0.4, -0.2) is 32.2 Å². The Bertz CT molecular complexity index is 1270. The third-order valence-corrected chi connectivity index (χ3v) is 5.70. The lowest BCUT2D eigenvalue weighted by atomic mass is 10.1. The van der Waals surface area contributed by atoms with Crippen molar-refractivity contribution in [3.8, 4) is 5.75 Å². The molecule has 2 amide bonds. The van der Waals surface area contributed by atoms with Gasteiger partial charge in [-0.3, -0.25) is 14.7 Å². The van der Waals surface area contributed by atoms with E-state index in [0.29, 0.717) is 22.8 Å². The smallest absolute Gasteiger partial charge is 0.286 e. The maximum atomic E-state index is 12.6. The van der Waals surface area contributed by atoms with Crippen LogP contribution in [0.5, 0.6) is 5.75 Å². The summed E-state index contributed by atoms with van der Waals surface area (Å²) in [6.45, 7) is 4.47. The molecule has 33 heavy (non-hydrogen) atoms. The maximum Gasteiger partial charge on any atom is 0.286 e. The number of benzene rings is 2. The fourth-order valence-corrected chi connectivity index (χ4v) is 3.59. The van der Waals surface area contributed by atoms with Crippen molar-refractivity contribution in [2.24, 2.45) is 0 Å². The number of aromatic nitrogens is 4. The zero-order valence-corrected chi connectivity index (χ0v) is 18.9. The van der Waals surface area contributed by atoms with Crippen molar-refractivity contribution in [1.82, 2.24) is 25.7 Å². The van der Waals surface area contributed by atoms with Crippen LogP contribution in [0.15, 0.2) is 54.7 Å². The molecule has 0 bridgehead atoms. The van der Waals surface area contributed by atoms with E-state index in [4.69, 9.17) is 4.74 Å². The van der Waals surface area contributed by atoms with E-state index in [1.165, 1.54) is 0 Å². The molecule has 0 saturated carbocycles. The van der Waals surface area contributed by atoms with Crippen LogP contribution in [-0.2, 0) is 13.2 Å². The van der Waals surface area contributed by atoms with Gasteiger partial charge in [0.25, 0.3) is 11.8 Å². The van der Waals surface area contributed by atoms with Gasteiger partial charge >= 0.3 is 0 Å². The highest BCUT2D eigenvalue weighted by Crippen LogP contribution is 2.18. The molecule has 3 N–H and O–H groups in total. The molecule has 4 rings (SSSR count). The summed E-state index contributed by atoms with van der Waals surface area (Å²) in [6.07, 6.45) is 1.68.